The van der Waals surface area contributed by atoms with Crippen LogP contribution < -0.4 is 5.32 Å². The number of H-pyrrole nitrogens is 1. The zero-order chi connectivity index (χ0) is 26.0. The summed E-state index contributed by atoms with van der Waals surface area (Å²) in [4.78, 5) is 40.7. The highest BCUT2D eigenvalue weighted by Gasteiger charge is 2.22. The predicted octanol–water partition coefficient (Wildman–Crippen LogP) is 7.20. The van der Waals surface area contributed by atoms with Gasteiger partial charge in [0.15, 0.2) is 0 Å². The van der Waals surface area contributed by atoms with E-state index in [1.807, 2.05) is 0 Å². The molecule has 0 aliphatic heterocycles. The second-order valence-electron chi connectivity index (χ2n) is 8.91. The minimum Gasteiger partial charge on any atom is -0.456 e. The van der Waals surface area contributed by atoms with Crippen LogP contribution in [0.2, 0.25) is 0 Å². The molecule has 10 heteroatoms. The lowest BCUT2D eigenvalue weighted by atomic mass is 10.1. The highest BCUT2D eigenvalue weighted by molar-refractivity contribution is 9.10. The summed E-state index contributed by atoms with van der Waals surface area (Å²) in [6.45, 7) is 5.38. The van der Waals surface area contributed by atoms with Crippen LogP contribution in [-0.2, 0) is 4.74 Å². The molecular weight excluding hydrogens is 546 g/mol. The van der Waals surface area contributed by atoms with Crippen LogP contribution in [0.25, 0.3) is 10.9 Å². The maximum atomic E-state index is 12.7. The third-order valence-electron chi connectivity index (χ3n) is 5.02. The van der Waals surface area contributed by atoms with Crippen LogP contribution in [0.5, 0.6) is 0 Å². The number of halogens is 1. The van der Waals surface area contributed by atoms with Gasteiger partial charge in [-0.05, 0) is 75.4 Å². The minimum absolute atomic E-state index is 0.169. The first-order chi connectivity index (χ1) is 17.0. The van der Waals surface area contributed by atoms with Crippen molar-refractivity contribution in [2.45, 2.75) is 36.2 Å². The van der Waals surface area contributed by atoms with E-state index in [1.165, 1.54) is 17.8 Å². The van der Waals surface area contributed by atoms with Crippen LogP contribution in [-0.4, -0.2) is 27.4 Å². The number of nitro benzene ring substituents is 1. The van der Waals surface area contributed by atoms with Crippen LogP contribution >= 0.6 is 27.7 Å². The van der Waals surface area contributed by atoms with E-state index in [-0.39, 0.29) is 11.3 Å². The van der Waals surface area contributed by atoms with Gasteiger partial charge < -0.3 is 15.0 Å². The molecule has 0 radical (unpaired) electrons. The number of aromatic nitrogens is 1. The molecule has 1 heterocycles. The monoisotopic (exact) mass is 567 g/mol. The van der Waals surface area contributed by atoms with Crippen LogP contribution in [0, 0.1) is 10.1 Å². The van der Waals surface area contributed by atoms with Crippen molar-refractivity contribution < 1.29 is 19.2 Å². The topological polar surface area (TPSA) is 114 Å². The Morgan fingerprint density at radius 2 is 1.78 bits per heavy atom. The van der Waals surface area contributed by atoms with Crippen molar-refractivity contribution in [3.63, 3.8) is 0 Å². The SMILES string of the molecule is CC(C)(C)OC(=O)c1c[nH]c2ccc(Sc3ccc(C(=O)Nc4ccc(Br)cc4)cc3[N+](=O)[O-])cc12. The number of benzene rings is 3. The Bertz CT molecular complexity index is 1480. The second-order valence-corrected chi connectivity index (χ2v) is 10.9. The number of aromatic amines is 1. The van der Waals surface area contributed by atoms with E-state index < -0.39 is 22.4 Å². The quantitative estimate of drug-likeness (QED) is 0.145. The molecule has 0 aliphatic carbocycles. The summed E-state index contributed by atoms with van der Waals surface area (Å²) >= 11 is 4.51. The normalized spacial score (nSPS) is 11.3. The zero-order valence-corrected chi connectivity index (χ0v) is 22.0. The lowest BCUT2D eigenvalue weighted by Gasteiger charge is -2.19. The van der Waals surface area contributed by atoms with Gasteiger partial charge >= 0.3 is 5.97 Å². The number of nitro groups is 1. The maximum absolute atomic E-state index is 12.7. The summed E-state index contributed by atoms with van der Waals surface area (Å²) in [5, 5.41) is 15.2. The molecule has 0 atom stereocenters. The van der Waals surface area contributed by atoms with E-state index in [0.717, 1.165) is 9.99 Å². The summed E-state index contributed by atoms with van der Waals surface area (Å²) < 4.78 is 6.36. The molecule has 8 nitrogen and oxygen atoms in total. The van der Waals surface area contributed by atoms with E-state index in [1.54, 1.807) is 81.6 Å². The van der Waals surface area contributed by atoms with E-state index in [0.29, 0.717) is 26.4 Å². The molecule has 36 heavy (non-hydrogen) atoms. The first kappa shape index (κ1) is 25.5. The molecular formula is C26H22BrN3O5S. The second kappa shape index (κ2) is 10.2. The fourth-order valence-electron chi connectivity index (χ4n) is 3.42. The van der Waals surface area contributed by atoms with Crippen molar-refractivity contribution in [1.29, 1.82) is 0 Å². The highest BCUT2D eigenvalue weighted by Crippen LogP contribution is 2.37. The summed E-state index contributed by atoms with van der Waals surface area (Å²) in [7, 11) is 0. The average molecular weight is 568 g/mol. The number of anilines is 1. The standard InChI is InChI=1S/C26H22BrN3O5S/c1-26(2,3)35-25(32)20-14-28-21-10-9-18(13-19(20)21)36-23-11-4-15(12-22(23)30(33)34)24(31)29-17-7-5-16(27)6-8-17/h4-14,28H,1-3H3,(H,29,31). The fourth-order valence-corrected chi connectivity index (χ4v) is 4.62. The average Bonchev–Trinajstić information content (AvgIpc) is 3.23. The summed E-state index contributed by atoms with van der Waals surface area (Å²) in [5.74, 6) is -0.907. The van der Waals surface area contributed by atoms with Crippen molar-refractivity contribution in [3.05, 3.63) is 92.6 Å². The van der Waals surface area contributed by atoms with Crippen molar-refractivity contribution in [2.75, 3.05) is 5.32 Å². The molecule has 0 aliphatic rings. The molecule has 4 rings (SSSR count). The van der Waals surface area contributed by atoms with Crippen molar-refractivity contribution >= 4 is 61.8 Å². The first-order valence-corrected chi connectivity index (χ1v) is 12.5. The number of fused-ring (bicyclic) bond motifs is 1. The van der Waals surface area contributed by atoms with E-state index >= 15 is 0 Å². The number of nitrogens with one attached hydrogen (secondary N) is 2. The van der Waals surface area contributed by atoms with Gasteiger partial charge in [0.1, 0.15) is 5.60 Å². The maximum Gasteiger partial charge on any atom is 0.340 e. The number of ether oxygens (including phenoxy) is 1. The number of amides is 1. The number of carbonyl (C=O) groups excluding carboxylic acids is 2. The van der Waals surface area contributed by atoms with Crippen LogP contribution in [0.4, 0.5) is 11.4 Å². The Hall–Kier alpha value is -3.63. The van der Waals surface area contributed by atoms with Crippen molar-refractivity contribution in [2.24, 2.45) is 0 Å². The van der Waals surface area contributed by atoms with Crippen molar-refractivity contribution in [1.82, 2.24) is 4.98 Å². The van der Waals surface area contributed by atoms with Gasteiger partial charge in [-0.3, -0.25) is 14.9 Å². The number of nitrogens with zero attached hydrogens (tertiary/aromatic N) is 1. The smallest absolute Gasteiger partial charge is 0.340 e. The predicted molar refractivity (Wildman–Crippen MR) is 143 cm³/mol. The zero-order valence-electron chi connectivity index (χ0n) is 19.6. The summed E-state index contributed by atoms with van der Waals surface area (Å²) in [6.07, 6.45) is 1.59. The van der Waals surface area contributed by atoms with Crippen LogP contribution in [0.15, 0.2) is 81.1 Å². The van der Waals surface area contributed by atoms with Crippen LogP contribution in [0.1, 0.15) is 41.5 Å². The number of rotatable bonds is 6. The Morgan fingerprint density at radius 3 is 2.44 bits per heavy atom. The lowest BCUT2D eigenvalue weighted by molar-refractivity contribution is -0.387. The number of hydrogen-bond acceptors (Lipinski definition) is 6. The van der Waals surface area contributed by atoms with E-state index in [4.69, 9.17) is 4.74 Å². The van der Waals surface area contributed by atoms with E-state index in [9.17, 15) is 19.7 Å². The van der Waals surface area contributed by atoms with Crippen molar-refractivity contribution in [3.8, 4) is 0 Å². The molecule has 0 bridgehead atoms. The Kier molecular flexibility index (Phi) is 7.18. The van der Waals surface area contributed by atoms with Gasteiger partial charge in [-0.2, -0.15) is 0 Å². The van der Waals surface area contributed by atoms with E-state index in [2.05, 4.69) is 26.2 Å². The molecule has 2 N–H and O–H groups in total. The minimum atomic E-state index is -0.640. The van der Waals surface area contributed by atoms with Gasteiger partial charge in [-0.1, -0.05) is 27.7 Å². The van der Waals surface area contributed by atoms with Gasteiger partial charge in [0.25, 0.3) is 11.6 Å². The third kappa shape index (κ3) is 5.95. The molecule has 0 spiro atoms. The Labute approximate surface area is 219 Å². The van der Waals surface area contributed by atoms with Gasteiger partial charge in [0.2, 0.25) is 0 Å². The molecule has 4 aromatic rings. The molecule has 1 aromatic heterocycles. The summed E-state index contributed by atoms with van der Waals surface area (Å²) in [5.41, 5.74) is 1.04. The van der Waals surface area contributed by atoms with Gasteiger partial charge in [0.05, 0.1) is 15.4 Å². The van der Waals surface area contributed by atoms with Crippen LogP contribution in [0.3, 0.4) is 0 Å². The molecule has 0 saturated carbocycles. The molecule has 1 amide bonds. The highest BCUT2D eigenvalue weighted by atomic mass is 79.9. The third-order valence-corrected chi connectivity index (χ3v) is 6.60. The Balaban J connectivity index is 1.60. The van der Waals surface area contributed by atoms with Gasteiger partial charge in [-0.15, -0.1) is 0 Å². The molecule has 0 saturated heterocycles. The van der Waals surface area contributed by atoms with Gasteiger partial charge in [0, 0.05) is 43.8 Å². The molecule has 0 unspecified atom stereocenters. The molecule has 0 fully saturated rings. The first-order valence-electron chi connectivity index (χ1n) is 10.9. The number of carbonyl (C=O) groups is 2. The summed E-state index contributed by atoms with van der Waals surface area (Å²) in [6, 6.07) is 16.8. The molecule has 184 valence electrons. The number of esters is 1. The largest absolute Gasteiger partial charge is 0.456 e. The fraction of sp³-hybridized carbons (Fsp3) is 0.154. The molecule has 3 aromatic carbocycles. The number of hydrogen-bond donors (Lipinski definition) is 2. The van der Waals surface area contributed by atoms with Gasteiger partial charge in [-0.25, -0.2) is 4.79 Å². The lowest BCUT2D eigenvalue weighted by Crippen LogP contribution is -2.23. The Morgan fingerprint density at radius 1 is 1.06 bits per heavy atom.